The zero-order chi connectivity index (χ0) is 16.3. The van der Waals surface area contributed by atoms with E-state index >= 15 is 0 Å². The predicted molar refractivity (Wildman–Crippen MR) is 91.3 cm³/mol. The molecule has 0 aliphatic rings. The first-order valence-electron chi connectivity index (χ1n) is 7.30. The third-order valence-electron chi connectivity index (χ3n) is 3.07. The van der Waals surface area contributed by atoms with Gasteiger partial charge in [0.15, 0.2) is 0 Å². The SMILES string of the molecule is C#CCOc1cccc(/C=N/NC(=O)CCc2ccccc2)c1. The summed E-state index contributed by atoms with van der Waals surface area (Å²) in [6, 6.07) is 17.2. The number of nitrogens with one attached hydrogen (secondary N) is 1. The highest BCUT2D eigenvalue weighted by atomic mass is 16.5. The van der Waals surface area contributed by atoms with E-state index in [-0.39, 0.29) is 12.5 Å². The second kappa shape index (κ2) is 9.06. The summed E-state index contributed by atoms with van der Waals surface area (Å²) in [7, 11) is 0. The summed E-state index contributed by atoms with van der Waals surface area (Å²) in [5.41, 5.74) is 4.47. The Morgan fingerprint density at radius 3 is 2.83 bits per heavy atom. The third-order valence-corrected chi connectivity index (χ3v) is 3.07. The Hall–Kier alpha value is -3.06. The van der Waals surface area contributed by atoms with Crippen LogP contribution in [-0.2, 0) is 11.2 Å². The molecule has 0 atom stereocenters. The van der Waals surface area contributed by atoms with Crippen molar-refractivity contribution in [3.63, 3.8) is 0 Å². The molecular formula is C19H18N2O2. The zero-order valence-electron chi connectivity index (χ0n) is 12.7. The fraction of sp³-hybridized carbons (Fsp3) is 0.158. The van der Waals surface area contributed by atoms with Crippen LogP contribution in [-0.4, -0.2) is 18.7 Å². The lowest BCUT2D eigenvalue weighted by molar-refractivity contribution is -0.121. The zero-order valence-corrected chi connectivity index (χ0v) is 12.7. The molecule has 116 valence electrons. The topological polar surface area (TPSA) is 50.7 Å². The van der Waals surface area contributed by atoms with Gasteiger partial charge in [0.05, 0.1) is 6.21 Å². The largest absolute Gasteiger partial charge is 0.481 e. The Kier molecular flexibility index (Phi) is 6.43. The van der Waals surface area contributed by atoms with Gasteiger partial charge in [0.1, 0.15) is 12.4 Å². The lowest BCUT2D eigenvalue weighted by Gasteiger charge is -2.03. The van der Waals surface area contributed by atoms with Gasteiger partial charge in [-0.1, -0.05) is 48.4 Å². The number of ether oxygens (including phenoxy) is 1. The molecule has 0 spiro atoms. The number of hydrogen-bond acceptors (Lipinski definition) is 3. The summed E-state index contributed by atoms with van der Waals surface area (Å²) in [6.07, 6.45) is 7.81. The molecule has 0 fully saturated rings. The van der Waals surface area contributed by atoms with Crippen molar-refractivity contribution in [2.24, 2.45) is 5.10 Å². The number of benzene rings is 2. The first-order chi connectivity index (χ1) is 11.3. The molecule has 2 aromatic carbocycles. The van der Waals surface area contributed by atoms with E-state index in [1.165, 1.54) is 0 Å². The molecule has 0 bridgehead atoms. The highest BCUT2D eigenvalue weighted by Gasteiger charge is 2.00. The van der Waals surface area contributed by atoms with E-state index in [1.807, 2.05) is 48.5 Å². The van der Waals surface area contributed by atoms with E-state index in [4.69, 9.17) is 11.2 Å². The molecule has 0 aliphatic heterocycles. The van der Waals surface area contributed by atoms with Crippen molar-refractivity contribution < 1.29 is 9.53 Å². The van der Waals surface area contributed by atoms with Gasteiger partial charge in [-0.15, -0.1) is 6.42 Å². The van der Waals surface area contributed by atoms with E-state index < -0.39 is 0 Å². The lowest BCUT2D eigenvalue weighted by Crippen LogP contribution is -2.17. The minimum atomic E-state index is -0.121. The van der Waals surface area contributed by atoms with Crippen LogP contribution in [0.25, 0.3) is 0 Å². The number of hydrazone groups is 1. The Bertz CT molecular complexity index is 703. The molecule has 0 radical (unpaired) electrons. The lowest BCUT2D eigenvalue weighted by atomic mass is 10.1. The van der Waals surface area contributed by atoms with Crippen molar-refractivity contribution >= 4 is 12.1 Å². The van der Waals surface area contributed by atoms with Crippen LogP contribution >= 0.6 is 0 Å². The number of nitrogens with zero attached hydrogens (tertiary/aromatic N) is 1. The molecule has 2 rings (SSSR count). The van der Waals surface area contributed by atoms with Crippen LogP contribution < -0.4 is 10.2 Å². The number of terminal acetylenes is 1. The van der Waals surface area contributed by atoms with Crippen molar-refractivity contribution in [3.05, 3.63) is 65.7 Å². The Balaban J connectivity index is 1.79. The van der Waals surface area contributed by atoms with Crippen LogP contribution in [0.1, 0.15) is 17.5 Å². The minimum absolute atomic E-state index is 0.121. The minimum Gasteiger partial charge on any atom is -0.481 e. The van der Waals surface area contributed by atoms with Crippen LogP contribution in [0.2, 0.25) is 0 Å². The highest BCUT2D eigenvalue weighted by Crippen LogP contribution is 2.11. The van der Waals surface area contributed by atoms with Gasteiger partial charge in [-0.25, -0.2) is 5.43 Å². The maximum Gasteiger partial charge on any atom is 0.240 e. The van der Waals surface area contributed by atoms with Gasteiger partial charge in [0, 0.05) is 6.42 Å². The molecule has 23 heavy (non-hydrogen) atoms. The summed E-state index contributed by atoms with van der Waals surface area (Å²) >= 11 is 0. The molecule has 0 aromatic heterocycles. The van der Waals surface area contributed by atoms with Crippen molar-refractivity contribution in [2.75, 3.05) is 6.61 Å². The Morgan fingerprint density at radius 2 is 2.04 bits per heavy atom. The van der Waals surface area contributed by atoms with Crippen molar-refractivity contribution in [1.29, 1.82) is 0 Å². The number of carbonyl (C=O) groups is 1. The fourth-order valence-electron chi connectivity index (χ4n) is 1.95. The van der Waals surface area contributed by atoms with Crippen molar-refractivity contribution in [3.8, 4) is 18.1 Å². The standard InChI is InChI=1S/C19H18N2O2/c1-2-13-23-18-10-6-9-17(14-18)15-20-21-19(22)12-11-16-7-4-3-5-8-16/h1,3-10,14-15H,11-13H2,(H,21,22)/b20-15+. The molecule has 0 heterocycles. The maximum atomic E-state index is 11.7. The van der Waals surface area contributed by atoms with E-state index in [2.05, 4.69) is 16.4 Å². The number of carbonyl (C=O) groups excluding carboxylic acids is 1. The van der Waals surface area contributed by atoms with Crippen LogP contribution in [0.15, 0.2) is 59.7 Å². The number of amides is 1. The van der Waals surface area contributed by atoms with Gasteiger partial charge in [-0.3, -0.25) is 4.79 Å². The molecule has 4 nitrogen and oxygen atoms in total. The summed E-state index contributed by atoms with van der Waals surface area (Å²) < 4.78 is 5.33. The first kappa shape index (κ1) is 16.3. The number of hydrogen-bond donors (Lipinski definition) is 1. The second-order valence-corrected chi connectivity index (χ2v) is 4.84. The van der Waals surface area contributed by atoms with Gasteiger partial charge in [-0.05, 0) is 29.7 Å². The maximum absolute atomic E-state index is 11.7. The smallest absolute Gasteiger partial charge is 0.240 e. The van der Waals surface area contributed by atoms with Crippen LogP contribution in [0, 0.1) is 12.3 Å². The average molecular weight is 306 g/mol. The molecule has 1 N–H and O–H groups in total. The van der Waals surface area contributed by atoms with Crippen LogP contribution in [0.5, 0.6) is 5.75 Å². The molecule has 0 saturated carbocycles. The molecule has 4 heteroatoms. The number of rotatable bonds is 7. The molecular weight excluding hydrogens is 288 g/mol. The summed E-state index contributed by atoms with van der Waals surface area (Å²) in [5.74, 6) is 2.96. The van der Waals surface area contributed by atoms with Gasteiger partial charge < -0.3 is 4.74 Å². The van der Waals surface area contributed by atoms with E-state index in [9.17, 15) is 4.79 Å². The molecule has 1 amide bonds. The average Bonchev–Trinajstić information content (AvgIpc) is 2.59. The normalized spacial score (nSPS) is 10.2. The van der Waals surface area contributed by atoms with Crippen LogP contribution in [0.3, 0.4) is 0 Å². The van der Waals surface area contributed by atoms with E-state index in [1.54, 1.807) is 12.3 Å². The summed E-state index contributed by atoms with van der Waals surface area (Å²) in [6.45, 7) is 0.219. The van der Waals surface area contributed by atoms with Gasteiger partial charge in [0.2, 0.25) is 5.91 Å². The Labute approximate surface area is 136 Å². The Morgan fingerprint density at radius 1 is 1.22 bits per heavy atom. The molecule has 0 saturated heterocycles. The van der Waals surface area contributed by atoms with E-state index in [0.29, 0.717) is 18.6 Å². The van der Waals surface area contributed by atoms with Crippen molar-refractivity contribution in [1.82, 2.24) is 5.43 Å². The monoisotopic (exact) mass is 306 g/mol. The van der Waals surface area contributed by atoms with Gasteiger partial charge in [0.25, 0.3) is 0 Å². The first-order valence-corrected chi connectivity index (χ1v) is 7.30. The highest BCUT2D eigenvalue weighted by molar-refractivity contribution is 5.82. The van der Waals surface area contributed by atoms with Gasteiger partial charge >= 0.3 is 0 Å². The molecule has 0 unspecified atom stereocenters. The summed E-state index contributed by atoms with van der Waals surface area (Å²) in [4.78, 5) is 11.7. The molecule has 2 aromatic rings. The molecule has 0 aliphatic carbocycles. The second-order valence-electron chi connectivity index (χ2n) is 4.84. The third kappa shape index (κ3) is 6.06. The van der Waals surface area contributed by atoms with Crippen LogP contribution in [0.4, 0.5) is 0 Å². The van der Waals surface area contributed by atoms with Crippen molar-refractivity contribution in [2.45, 2.75) is 12.8 Å². The fourth-order valence-corrected chi connectivity index (χ4v) is 1.95. The quantitative estimate of drug-likeness (QED) is 0.486. The van der Waals surface area contributed by atoms with E-state index in [0.717, 1.165) is 11.1 Å². The predicted octanol–water partition coefficient (Wildman–Crippen LogP) is 2.78. The van der Waals surface area contributed by atoms with Gasteiger partial charge in [-0.2, -0.15) is 5.10 Å². The summed E-state index contributed by atoms with van der Waals surface area (Å²) in [5, 5.41) is 3.95. The number of aryl methyl sites for hydroxylation is 1.